The number of carbonyl (C=O) groups is 1. The van der Waals surface area contributed by atoms with E-state index in [-0.39, 0.29) is 12.5 Å². The lowest BCUT2D eigenvalue weighted by Gasteiger charge is -2.31. The molecule has 10 nitrogen and oxygen atoms in total. The number of hydrogen-bond acceptors (Lipinski definition) is 9. The zero-order valence-electron chi connectivity index (χ0n) is 19.3. The van der Waals surface area contributed by atoms with Crippen LogP contribution in [0.1, 0.15) is 13.8 Å². The number of hydrogen-bond donors (Lipinski definition) is 1. The average Bonchev–Trinajstić information content (AvgIpc) is 3.40. The second-order valence-corrected chi connectivity index (χ2v) is 7.39. The van der Waals surface area contributed by atoms with Crippen LogP contribution < -0.4 is 24.4 Å². The number of nitrogens with zero attached hydrogens (tertiary/aromatic N) is 3. The van der Waals surface area contributed by atoms with Gasteiger partial charge in [-0.2, -0.15) is 0 Å². The number of amides is 1. The first-order valence-electron chi connectivity index (χ1n) is 11.2. The second kappa shape index (κ2) is 11.4. The molecule has 0 unspecified atom stereocenters. The first-order chi connectivity index (χ1) is 16.7. The third-order valence-electron chi connectivity index (χ3n) is 5.12. The molecule has 1 fully saturated rings. The largest absolute Gasteiger partial charge is 0.492 e. The van der Waals surface area contributed by atoms with Crippen molar-refractivity contribution in [3.63, 3.8) is 0 Å². The van der Waals surface area contributed by atoms with E-state index >= 15 is 0 Å². The molecule has 180 valence electrons. The van der Waals surface area contributed by atoms with Crippen LogP contribution >= 0.6 is 0 Å². The van der Waals surface area contributed by atoms with Crippen molar-refractivity contribution in [1.29, 1.82) is 0 Å². The van der Waals surface area contributed by atoms with Gasteiger partial charge in [0.1, 0.15) is 17.2 Å². The van der Waals surface area contributed by atoms with Crippen molar-refractivity contribution in [3.05, 3.63) is 42.8 Å². The molecular formula is C24H28N4O6. The van der Waals surface area contributed by atoms with Crippen molar-refractivity contribution in [3.8, 4) is 28.7 Å². The van der Waals surface area contributed by atoms with Gasteiger partial charge in [0, 0.05) is 30.8 Å². The molecule has 0 saturated carbocycles. The summed E-state index contributed by atoms with van der Waals surface area (Å²) in [4.78, 5) is 14.9. The van der Waals surface area contributed by atoms with Crippen molar-refractivity contribution in [2.75, 3.05) is 56.3 Å². The molecule has 0 aliphatic carbocycles. The zero-order chi connectivity index (χ0) is 23.8. The number of anilines is 2. The van der Waals surface area contributed by atoms with E-state index in [4.69, 9.17) is 23.4 Å². The molecule has 34 heavy (non-hydrogen) atoms. The number of nitrogens with one attached hydrogen (secondary N) is 1. The minimum atomic E-state index is -0.316. The summed E-state index contributed by atoms with van der Waals surface area (Å²) in [5, 5.41) is 10.4. The summed E-state index contributed by atoms with van der Waals surface area (Å²) in [5.74, 6) is 1.90. The predicted molar refractivity (Wildman–Crippen MR) is 126 cm³/mol. The van der Waals surface area contributed by atoms with Crippen LogP contribution in [0.15, 0.2) is 47.2 Å². The van der Waals surface area contributed by atoms with Gasteiger partial charge < -0.3 is 33.6 Å². The maximum Gasteiger partial charge on any atom is 0.262 e. The van der Waals surface area contributed by atoms with Gasteiger partial charge in [-0.05, 0) is 38.1 Å². The first kappa shape index (κ1) is 23.4. The van der Waals surface area contributed by atoms with Gasteiger partial charge in [-0.3, -0.25) is 4.79 Å². The molecule has 1 aliphatic heterocycles. The highest BCUT2D eigenvalue weighted by molar-refractivity contribution is 5.94. The van der Waals surface area contributed by atoms with E-state index in [1.165, 1.54) is 6.39 Å². The fourth-order valence-corrected chi connectivity index (χ4v) is 3.57. The van der Waals surface area contributed by atoms with Gasteiger partial charge in [-0.1, -0.05) is 0 Å². The van der Waals surface area contributed by atoms with Crippen LogP contribution in [0, 0.1) is 0 Å². The topological polar surface area (TPSA) is 108 Å². The molecule has 1 aromatic heterocycles. The summed E-state index contributed by atoms with van der Waals surface area (Å²) < 4.78 is 28.0. The van der Waals surface area contributed by atoms with Gasteiger partial charge in [0.2, 0.25) is 12.3 Å². The first-order valence-corrected chi connectivity index (χ1v) is 11.2. The summed E-state index contributed by atoms with van der Waals surface area (Å²) in [6.45, 7) is 7.45. The number of aromatic nitrogens is 2. The fourth-order valence-electron chi connectivity index (χ4n) is 3.57. The Kier molecular flexibility index (Phi) is 7.82. The van der Waals surface area contributed by atoms with Crippen LogP contribution in [0.2, 0.25) is 0 Å². The average molecular weight is 469 g/mol. The number of morpholine rings is 1. The molecular weight excluding hydrogens is 440 g/mol. The van der Waals surface area contributed by atoms with Gasteiger partial charge in [0.05, 0.1) is 37.8 Å². The molecule has 0 spiro atoms. The molecule has 0 atom stereocenters. The third-order valence-corrected chi connectivity index (χ3v) is 5.12. The van der Waals surface area contributed by atoms with E-state index in [9.17, 15) is 4.79 Å². The van der Waals surface area contributed by atoms with Crippen molar-refractivity contribution in [2.24, 2.45) is 0 Å². The van der Waals surface area contributed by atoms with Crippen LogP contribution in [0.5, 0.6) is 17.2 Å². The lowest BCUT2D eigenvalue weighted by Crippen LogP contribution is -2.36. The Morgan fingerprint density at radius 2 is 1.76 bits per heavy atom. The summed E-state index contributed by atoms with van der Waals surface area (Å²) in [7, 11) is 0. The third kappa shape index (κ3) is 5.76. The van der Waals surface area contributed by atoms with Crippen LogP contribution in [-0.4, -0.2) is 62.2 Å². The van der Waals surface area contributed by atoms with Crippen LogP contribution in [0.4, 0.5) is 11.4 Å². The van der Waals surface area contributed by atoms with E-state index in [0.717, 1.165) is 24.3 Å². The molecule has 0 radical (unpaired) electrons. The fraction of sp³-hybridized carbons (Fsp3) is 0.375. The van der Waals surface area contributed by atoms with Crippen molar-refractivity contribution >= 4 is 17.3 Å². The van der Waals surface area contributed by atoms with Crippen LogP contribution in [0.25, 0.3) is 11.5 Å². The molecule has 1 saturated heterocycles. The number of rotatable bonds is 10. The SMILES string of the molecule is CCOc1cc(N2CCOCC2)c(OCC)cc1NC(=O)COc1ccc(-c2nnco2)cc1. The molecule has 10 heteroatoms. The number of ether oxygens (including phenoxy) is 4. The number of benzene rings is 2. The smallest absolute Gasteiger partial charge is 0.262 e. The lowest BCUT2D eigenvalue weighted by atomic mass is 10.2. The Hall–Kier alpha value is -3.79. The molecule has 3 aromatic rings. The van der Waals surface area contributed by atoms with Crippen molar-refractivity contribution < 1.29 is 28.2 Å². The maximum absolute atomic E-state index is 12.7. The van der Waals surface area contributed by atoms with E-state index in [2.05, 4.69) is 20.4 Å². The highest BCUT2D eigenvalue weighted by Crippen LogP contribution is 2.39. The minimum absolute atomic E-state index is 0.166. The Morgan fingerprint density at radius 1 is 1.03 bits per heavy atom. The molecule has 0 bridgehead atoms. The van der Waals surface area contributed by atoms with Gasteiger partial charge in [-0.25, -0.2) is 0 Å². The van der Waals surface area contributed by atoms with E-state index < -0.39 is 0 Å². The Balaban J connectivity index is 1.44. The summed E-state index contributed by atoms with van der Waals surface area (Å²) in [5.41, 5.74) is 2.21. The Morgan fingerprint density at radius 3 is 2.44 bits per heavy atom. The van der Waals surface area contributed by atoms with Gasteiger partial charge in [0.25, 0.3) is 5.91 Å². The van der Waals surface area contributed by atoms with Gasteiger partial charge in [-0.15, -0.1) is 10.2 Å². The highest BCUT2D eigenvalue weighted by Gasteiger charge is 2.20. The second-order valence-electron chi connectivity index (χ2n) is 7.39. The lowest BCUT2D eigenvalue weighted by molar-refractivity contribution is -0.118. The van der Waals surface area contributed by atoms with Crippen LogP contribution in [0.3, 0.4) is 0 Å². The highest BCUT2D eigenvalue weighted by atomic mass is 16.5. The van der Waals surface area contributed by atoms with E-state index in [1.807, 2.05) is 19.9 Å². The van der Waals surface area contributed by atoms with E-state index in [0.29, 0.717) is 55.3 Å². The molecule has 2 heterocycles. The van der Waals surface area contributed by atoms with Crippen LogP contribution in [-0.2, 0) is 9.53 Å². The monoisotopic (exact) mass is 468 g/mol. The van der Waals surface area contributed by atoms with E-state index in [1.54, 1.807) is 30.3 Å². The molecule has 1 aliphatic rings. The summed E-state index contributed by atoms with van der Waals surface area (Å²) in [6, 6.07) is 10.8. The number of carbonyl (C=O) groups excluding carboxylic acids is 1. The van der Waals surface area contributed by atoms with Gasteiger partial charge >= 0.3 is 0 Å². The van der Waals surface area contributed by atoms with Crippen molar-refractivity contribution in [2.45, 2.75) is 13.8 Å². The Bertz CT molecular complexity index is 1070. The molecule has 4 rings (SSSR count). The molecule has 2 aromatic carbocycles. The maximum atomic E-state index is 12.7. The minimum Gasteiger partial charge on any atom is -0.492 e. The predicted octanol–water partition coefficient (Wildman–Crippen LogP) is 3.39. The Labute approximate surface area is 197 Å². The quantitative estimate of drug-likeness (QED) is 0.479. The summed E-state index contributed by atoms with van der Waals surface area (Å²) >= 11 is 0. The normalized spacial score (nSPS) is 13.4. The molecule has 1 amide bonds. The summed E-state index contributed by atoms with van der Waals surface area (Å²) in [6.07, 6.45) is 1.27. The standard InChI is InChI=1S/C24H28N4O6/c1-3-31-21-14-20(28-9-11-30-12-10-28)22(32-4-2)13-19(21)26-23(29)15-33-18-7-5-17(6-8-18)24-27-25-16-34-24/h5-8,13-14,16H,3-4,9-12,15H2,1-2H3,(H,26,29). The van der Waals surface area contributed by atoms with Gasteiger partial charge in [0.15, 0.2) is 6.61 Å². The molecule has 1 N–H and O–H groups in total. The zero-order valence-corrected chi connectivity index (χ0v) is 19.3. The van der Waals surface area contributed by atoms with Crippen molar-refractivity contribution in [1.82, 2.24) is 10.2 Å².